The van der Waals surface area contributed by atoms with Crippen LogP contribution in [-0.4, -0.2) is 34.1 Å². The fourth-order valence-electron chi connectivity index (χ4n) is 3.60. The molecule has 27 heavy (non-hydrogen) atoms. The summed E-state index contributed by atoms with van der Waals surface area (Å²) in [5.74, 6) is 0.0145. The van der Waals surface area contributed by atoms with E-state index in [0.29, 0.717) is 0 Å². The third kappa shape index (κ3) is 8.85. The summed E-state index contributed by atoms with van der Waals surface area (Å²) in [5, 5.41) is 9.22. The van der Waals surface area contributed by atoms with Gasteiger partial charge in [-0.3, -0.25) is 5.73 Å². The number of rotatable bonds is 16. The number of unbranched alkanes of at least 4 members (excludes halogenated alkanes) is 9. The van der Waals surface area contributed by atoms with Crippen molar-refractivity contribution < 1.29 is 14.4 Å². The van der Waals surface area contributed by atoms with Crippen LogP contribution in [0.2, 0.25) is 0 Å². The molecule has 1 aliphatic rings. The third-order valence-corrected chi connectivity index (χ3v) is 5.32. The number of amidine groups is 1. The molecule has 1 aliphatic heterocycles. The van der Waals surface area contributed by atoms with Gasteiger partial charge in [0.2, 0.25) is 5.84 Å². The predicted octanol–water partition coefficient (Wildman–Crippen LogP) is 5.33. The summed E-state index contributed by atoms with van der Waals surface area (Å²) in [7, 11) is 0. The molecule has 0 aliphatic carbocycles. The van der Waals surface area contributed by atoms with E-state index < -0.39 is 5.97 Å². The minimum atomic E-state index is -0.850. The summed E-state index contributed by atoms with van der Waals surface area (Å²) >= 11 is 0. The lowest BCUT2D eigenvalue weighted by Gasteiger charge is -2.34. The molecule has 0 fully saturated rings. The second-order valence-electron chi connectivity index (χ2n) is 7.69. The number of nitrogens with zero attached hydrogens (tertiary/aromatic N) is 2. The van der Waals surface area contributed by atoms with Crippen LogP contribution >= 0.6 is 0 Å². The van der Waals surface area contributed by atoms with Crippen molar-refractivity contribution in [3.05, 3.63) is 24.6 Å². The van der Waals surface area contributed by atoms with Crippen LogP contribution in [0.25, 0.3) is 0 Å². The number of nitrogens with two attached hydrogens (primary N) is 1. The quantitative estimate of drug-likeness (QED) is 0.216. The van der Waals surface area contributed by atoms with Crippen LogP contribution in [0.3, 0.4) is 0 Å². The summed E-state index contributed by atoms with van der Waals surface area (Å²) < 4.78 is 0.150. The Bertz CT molecular complexity index is 512. The number of aliphatic carboxylic acids is 1. The SMILES string of the molecule is CCCCCCCCCC/C=C/CCCC1=NC=C[N+]1(CC(=O)O)C(C)N. The Morgan fingerprint density at radius 3 is 2.30 bits per heavy atom. The van der Waals surface area contributed by atoms with E-state index in [4.69, 9.17) is 5.73 Å². The zero-order valence-electron chi connectivity index (χ0n) is 17.4. The molecule has 0 bridgehead atoms. The first-order valence-corrected chi connectivity index (χ1v) is 10.8. The van der Waals surface area contributed by atoms with E-state index in [1.165, 1.54) is 51.4 Å². The van der Waals surface area contributed by atoms with Gasteiger partial charge in [0, 0.05) is 13.3 Å². The van der Waals surface area contributed by atoms with Crippen molar-refractivity contribution in [1.29, 1.82) is 0 Å². The molecule has 0 amide bonds. The van der Waals surface area contributed by atoms with Crippen LogP contribution in [0.4, 0.5) is 0 Å². The molecular formula is C22H40N3O2+. The average Bonchev–Trinajstić information content (AvgIpc) is 3.02. The van der Waals surface area contributed by atoms with Gasteiger partial charge in [0.05, 0.1) is 6.20 Å². The number of carboxylic acids is 1. The first-order chi connectivity index (χ1) is 13.0. The number of allylic oxidation sites excluding steroid dienone is 2. The average molecular weight is 379 g/mol. The number of hydrogen-bond acceptors (Lipinski definition) is 3. The van der Waals surface area contributed by atoms with E-state index in [-0.39, 0.29) is 17.2 Å². The Labute approximate surface area is 165 Å². The normalized spacial score (nSPS) is 20.3. The van der Waals surface area contributed by atoms with Gasteiger partial charge in [-0.15, -0.1) is 0 Å². The molecule has 0 aromatic heterocycles. The van der Waals surface area contributed by atoms with Gasteiger partial charge in [0.15, 0.2) is 6.54 Å². The zero-order valence-corrected chi connectivity index (χ0v) is 17.4. The maximum atomic E-state index is 11.2. The van der Waals surface area contributed by atoms with E-state index in [1.807, 2.05) is 13.1 Å². The molecule has 0 aromatic rings. The predicted molar refractivity (Wildman–Crippen MR) is 113 cm³/mol. The van der Waals surface area contributed by atoms with Gasteiger partial charge in [-0.1, -0.05) is 64.0 Å². The molecule has 1 rings (SSSR count). The van der Waals surface area contributed by atoms with Crippen LogP contribution < -0.4 is 5.73 Å². The Morgan fingerprint density at radius 1 is 1.11 bits per heavy atom. The number of quaternary nitrogens is 1. The van der Waals surface area contributed by atoms with Gasteiger partial charge >= 0.3 is 5.97 Å². The molecule has 0 saturated carbocycles. The molecule has 0 radical (unpaired) electrons. The fourth-order valence-corrected chi connectivity index (χ4v) is 3.60. The molecular weight excluding hydrogens is 338 g/mol. The van der Waals surface area contributed by atoms with Gasteiger partial charge < -0.3 is 5.11 Å². The van der Waals surface area contributed by atoms with Crippen molar-refractivity contribution in [2.75, 3.05) is 6.54 Å². The van der Waals surface area contributed by atoms with Crippen LogP contribution in [0.5, 0.6) is 0 Å². The van der Waals surface area contributed by atoms with Crippen LogP contribution in [0, 0.1) is 0 Å². The van der Waals surface area contributed by atoms with Crippen LogP contribution in [0.1, 0.15) is 90.9 Å². The molecule has 0 spiro atoms. The largest absolute Gasteiger partial charge is 0.477 e. The Kier molecular flexibility index (Phi) is 11.9. The Morgan fingerprint density at radius 2 is 1.70 bits per heavy atom. The van der Waals surface area contributed by atoms with Crippen molar-refractivity contribution in [3.8, 4) is 0 Å². The first-order valence-electron chi connectivity index (χ1n) is 10.8. The summed E-state index contributed by atoms with van der Waals surface area (Å²) in [6.07, 6.45) is 22.5. The van der Waals surface area contributed by atoms with Crippen LogP contribution in [0.15, 0.2) is 29.5 Å². The van der Waals surface area contributed by atoms with Crippen molar-refractivity contribution in [2.45, 2.75) is 97.1 Å². The fraction of sp³-hybridized carbons (Fsp3) is 0.727. The summed E-state index contributed by atoms with van der Waals surface area (Å²) in [4.78, 5) is 15.6. The highest BCUT2D eigenvalue weighted by molar-refractivity contribution is 5.81. The van der Waals surface area contributed by atoms with E-state index >= 15 is 0 Å². The van der Waals surface area contributed by atoms with Crippen LogP contribution in [-0.2, 0) is 4.79 Å². The zero-order chi connectivity index (χ0) is 20.0. The Hall–Kier alpha value is -1.46. The maximum absolute atomic E-state index is 11.2. The highest BCUT2D eigenvalue weighted by Crippen LogP contribution is 2.23. The topological polar surface area (TPSA) is 75.7 Å². The number of hydrogen-bond donors (Lipinski definition) is 2. The molecule has 0 saturated heterocycles. The van der Waals surface area contributed by atoms with Crippen molar-refractivity contribution in [1.82, 2.24) is 0 Å². The van der Waals surface area contributed by atoms with E-state index in [1.54, 1.807) is 6.20 Å². The van der Waals surface area contributed by atoms with E-state index in [0.717, 1.165) is 31.5 Å². The lowest BCUT2D eigenvalue weighted by atomic mass is 10.1. The molecule has 5 nitrogen and oxygen atoms in total. The van der Waals surface area contributed by atoms with Crippen molar-refractivity contribution in [2.24, 2.45) is 10.7 Å². The second kappa shape index (κ2) is 13.7. The number of carboxylic acid groups (broad SMARTS) is 1. The molecule has 1 heterocycles. The van der Waals surface area contributed by atoms with Gasteiger partial charge in [-0.05, 0) is 25.7 Å². The summed E-state index contributed by atoms with van der Waals surface area (Å²) in [6, 6.07) is 0. The lowest BCUT2D eigenvalue weighted by Crippen LogP contribution is -2.59. The lowest BCUT2D eigenvalue weighted by molar-refractivity contribution is -0.805. The smallest absolute Gasteiger partial charge is 0.360 e. The highest BCUT2D eigenvalue weighted by atomic mass is 16.4. The third-order valence-electron chi connectivity index (χ3n) is 5.32. The van der Waals surface area contributed by atoms with Crippen molar-refractivity contribution >= 4 is 11.8 Å². The van der Waals surface area contributed by atoms with Gasteiger partial charge in [-0.2, -0.15) is 0 Å². The molecule has 2 atom stereocenters. The standard InChI is InChI=1S/C22H39N3O2/c1-3-4-5-6-7-8-9-10-11-12-13-14-15-16-21-24-17-18-25(21,20(2)23)19-22(26)27/h12-13,17-18,20H,3-11,14-16,19,23H2,1-2H3/p+1/b13-12+. The molecule has 0 aromatic carbocycles. The minimum absolute atomic E-state index is 0.0404. The van der Waals surface area contributed by atoms with E-state index in [2.05, 4.69) is 24.1 Å². The van der Waals surface area contributed by atoms with Gasteiger partial charge in [-0.25, -0.2) is 14.3 Å². The van der Waals surface area contributed by atoms with Gasteiger partial charge in [0.1, 0.15) is 12.4 Å². The second-order valence-corrected chi connectivity index (χ2v) is 7.69. The summed E-state index contributed by atoms with van der Waals surface area (Å²) in [5.41, 5.74) is 6.08. The Balaban J connectivity index is 2.15. The molecule has 5 heteroatoms. The maximum Gasteiger partial charge on any atom is 0.360 e. The number of carbonyl (C=O) groups is 1. The van der Waals surface area contributed by atoms with Crippen molar-refractivity contribution in [3.63, 3.8) is 0 Å². The molecule has 2 unspecified atom stereocenters. The molecule has 154 valence electrons. The van der Waals surface area contributed by atoms with Gasteiger partial charge in [0.25, 0.3) is 0 Å². The minimum Gasteiger partial charge on any atom is -0.477 e. The molecule has 3 N–H and O–H groups in total. The monoisotopic (exact) mass is 378 g/mol. The first kappa shape index (κ1) is 23.6. The number of aliphatic imine (C=N–C) groups is 1. The van der Waals surface area contributed by atoms with E-state index in [9.17, 15) is 9.90 Å². The summed E-state index contributed by atoms with van der Waals surface area (Å²) in [6.45, 7) is 4.06. The highest BCUT2D eigenvalue weighted by Gasteiger charge is 2.40.